The van der Waals surface area contributed by atoms with Gasteiger partial charge in [0.1, 0.15) is 0 Å². The van der Waals surface area contributed by atoms with Gasteiger partial charge in [0.2, 0.25) is 0 Å². The fourth-order valence-corrected chi connectivity index (χ4v) is 1.46. The van der Waals surface area contributed by atoms with Crippen LogP contribution in [0.4, 0.5) is 0 Å². The number of aliphatic hydroxyl groups is 2. The van der Waals surface area contributed by atoms with Gasteiger partial charge in [-0.3, -0.25) is 0 Å². The summed E-state index contributed by atoms with van der Waals surface area (Å²) >= 11 is 0. The summed E-state index contributed by atoms with van der Waals surface area (Å²) in [6.45, 7) is 2.53. The molecule has 0 radical (unpaired) electrons. The van der Waals surface area contributed by atoms with E-state index in [1.165, 1.54) is 12.8 Å². The van der Waals surface area contributed by atoms with Gasteiger partial charge < -0.3 is 15.1 Å². The molecule has 0 atom stereocenters. The normalized spacial score (nSPS) is 17.2. The minimum Gasteiger partial charge on any atom is -0.396 e. The van der Waals surface area contributed by atoms with Crippen LogP contribution in [0.5, 0.6) is 0 Å². The minimum absolute atomic E-state index is 0.280. The average Bonchev–Trinajstić information content (AvgIpc) is 2.88. The van der Waals surface area contributed by atoms with Gasteiger partial charge in [0.25, 0.3) is 0 Å². The van der Waals surface area contributed by atoms with Crippen LogP contribution in [0.1, 0.15) is 25.7 Å². The molecule has 72 valence electrons. The zero-order valence-corrected chi connectivity index (χ0v) is 7.58. The van der Waals surface area contributed by atoms with Gasteiger partial charge in [0, 0.05) is 32.3 Å². The van der Waals surface area contributed by atoms with E-state index in [0.29, 0.717) is 0 Å². The van der Waals surface area contributed by atoms with Gasteiger partial charge in [-0.1, -0.05) is 0 Å². The molecule has 0 aromatic carbocycles. The Balaban J connectivity index is 2.09. The van der Waals surface area contributed by atoms with Crippen molar-refractivity contribution < 1.29 is 10.2 Å². The topological polar surface area (TPSA) is 43.7 Å². The smallest absolute Gasteiger partial charge is 0.0443 e. The molecule has 0 heterocycles. The predicted molar refractivity (Wildman–Crippen MR) is 48.0 cm³/mol. The van der Waals surface area contributed by atoms with Gasteiger partial charge >= 0.3 is 0 Å². The molecule has 1 saturated carbocycles. The molecule has 0 aromatic heterocycles. The van der Waals surface area contributed by atoms with Crippen LogP contribution in [-0.4, -0.2) is 47.5 Å². The van der Waals surface area contributed by atoms with Crippen molar-refractivity contribution in [2.45, 2.75) is 31.7 Å². The fourth-order valence-electron chi connectivity index (χ4n) is 1.46. The maximum atomic E-state index is 8.67. The third kappa shape index (κ3) is 3.52. The van der Waals surface area contributed by atoms with Crippen LogP contribution in [0.25, 0.3) is 0 Å². The molecular weight excluding hydrogens is 154 g/mol. The zero-order valence-electron chi connectivity index (χ0n) is 7.58. The molecule has 0 unspecified atom stereocenters. The Morgan fingerprint density at radius 2 is 1.50 bits per heavy atom. The van der Waals surface area contributed by atoms with E-state index in [9.17, 15) is 0 Å². The standard InChI is InChI=1S/C9H19NO2/c11-7-1-5-10(6-2-8-12)9-3-4-9/h9,11-12H,1-8H2. The highest BCUT2D eigenvalue weighted by Crippen LogP contribution is 2.26. The van der Waals surface area contributed by atoms with E-state index >= 15 is 0 Å². The zero-order chi connectivity index (χ0) is 8.81. The van der Waals surface area contributed by atoms with Crippen molar-refractivity contribution in [3.8, 4) is 0 Å². The molecule has 3 nitrogen and oxygen atoms in total. The summed E-state index contributed by atoms with van der Waals surface area (Å²) in [5.41, 5.74) is 0. The Morgan fingerprint density at radius 1 is 1.00 bits per heavy atom. The Bertz CT molecular complexity index is 107. The molecule has 3 heteroatoms. The van der Waals surface area contributed by atoms with Crippen LogP contribution in [0, 0.1) is 0 Å². The molecule has 1 aliphatic rings. The molecule has 1 aliphatic carbocycles. The highest BCUT2D eigenvalue weighted by atomic mass is 16.3. The molecular formula is C9H19NO2. The largest absolute Gasteiger partial charge is 0.396 e. The molecule has 0 saturated heterocycles. The first-order valence-electron chi connectivity index (χ1n) is 4.84. The van der Waals surface area contributed by atoms with Crippen molar-refractivity contribution in [1.29, 1.82) is 0 Å². The Labute approximate surface area is 74.0 Å². The second kappa shape index (κ2) is 5.51. The SMILES string of the molecule is OCCCN(CCCO)C1CC1. The third-order valence-corrected chi connectivity index (χ3v) is 2.27. The molecule has 0 spiro atoms. The lowest BCUT2D eigenvalue weighted by Gasteiger charge is -2.20. The lowest BCUT2D eigenvalue weighted by molar-refractivity contribution is 0.196. The van der Waals surface area contributed by atoms with E-state index in [2.05, 4.69) is 4.90 Å². The second-order valence-electron chi connectivity index (χ2n) is 3.42. The molecule has 1 rings (SSSR count). The van der Waals surface area contributed by atoms with Gasteiger partial charge in [-0.15, -0.1) is 0 Å². The van der Waals surface area contributed by atoms with Crippen molar-refractivity contribution in [2.24, 2.45) is 0 Å². The summed E-state index contributed by atoms with van der Waals surface area (Å²) in [7, 11) is 0. The van der Waals surface area contributed by atoms with E-state index in [0.717, 1.165) is 32.0 Å². The summed E-state index contributed by atoms with van der Waals surface area (Å²) in [4.78, 5) is 2.38. The van der Waals surface area contributed by atoms with Crippen molar-refractivity contribution in [3.05, 3.63) is 0 Å². The molecule has 0 aliphatic heterocycles. The highest BCUT2D eigenvalue weighted by Gasteiger charge is 2.27. The first kappa shape index (κ1) is 9.96. The van der Waals surface area contributed by atoms with Gasteiger partial charge in [-0.25, -0.2) is 0 Å². The van der Waals surface area contributed by atoms with E-state index in [1.54, 1.807) is 0 Å². The van der Waals surface area contributed by atoms with Crippen molar-refractivity contribution in [1.82, 2.24) is 4.90 Å². The lowest BCUT2D eigenvalue weighted by Crippen LogP contribution is -2.29. The van der Waals surface area contributed by atoms with E-state index in [4.69, 9.17) is 10.2 Å². The average molecular weight is 173 g/mol. The van der Waals surface area contributed by atoms with Crippen molar-refractivity contribution >= 4 is 0 Å². The second-order valence-corrected chi connectivity index (χ2v) is 3.42. The van der Waals surface area contributed by atoms with Crippen LogP contribution in [-0.2, 0) is 0 Å². The summed E-state index contributed by atoms with van der Waals surface area (Å²) < 4.78 is 0. The number of aliphatic hydroxyl groups excluding tert-OH is 2. The molecule has 0 bridgehead atoms. The van der Waals surface area contributed by atoms with E-state index in [1.807, 2.05) is 0 Å². The van der Waals surface area contributed by atoms with Crippen LogP contribution in [0.15, 0.2) is 0 Å². The third-order valence-electron chi connectivity index (χ3n) is 2.27. The van der Waals surface area contributed by atoms with Crippen LogP contribution < -0.4 is 0 Å². The minimum atomic E-state index is 0.280. The van der Waals surface area contributed by atoms with Crippen molar-refractivity contribution in [3.63, 3.8) is 0 Å². The highest BCUT2D eigenvalue weighted by molar-refractivity contribution is 4.84. The molecule has 0 amide bonds. The number of nitrogens with zero attached hydrogens (tertiary/aromatic N) is 1. The monoisotopic (exact) mass is 173 g/mol. The first-order valence-corrected chi connectivity index (χ1v) is 4.84. The number of rotatable bonds is 7. The van der Waals surface area contributed by atoms with Crippen LogP contribution in [0.2, 0.25) is 0 Å². The van der Waals surface area contributed by atoms with E-state index in [-0.39, 0.29) is 13.2 Å². The Hall–Kier alpha value is -0.120. The van der Waals surface area contributed by atoms with Gasteiger partial charge in [0.15, 0.2) is 0 Å². The van der Waals surface area contributed by atoms with Gasteiger partial charge in [-0.05, 0) is 25.7 Å². The maximum absolute atomic E-state index is 8.67. The molecule has 1 fully saturated rings. The van der Waals surface area contributed by atoms with E-state index < -0.39 is 0 Å². The van der Waals surface area contributed by atoms with Crippen molar-refractivity contribution in [2.75, 3.05) is 26.3 Å². The summed E-state index contributed by atoms with van der Waals surface area (Å²) in [5.74, 6) is 0. The predicted octanol–water partition coefficient (Wildman–Crippen LogP) is 0.216. The molecule has 2 N–H and O–H groups in total. The van der Waals surface area contributed by atoms with Crippen LogP contribution >= 0.6 is 0 Å². The quantitative estimate of drug-likeness (QED) is 0.578. The first-order chi connectivity index (χ1) is 5.88. The summed E-state index contributed by atoms with van der Waals surface area (Å²) in [6, 6.07) is 0.753. The van der Waals surface area contributed by atoms with Crippen LogP contribution in [0.3, 0.4) is 0 Å². The van der Waals surface area contributed by atoms with Gasteiger partial charge in [-0.2, -0.15) is 0 Å². The number of hydrogen-bond donors (Lipinski definition) is 2. The maximum Gasteiger partial charge on any atom is 0.0443 e. The summed E-state index contributed by atoms with van der Waals surface area (Å²) in [5, 5.41) is 17.3. The molecule has 0 aromatic rings. The molecule has 12 heavy (non-hydrogen) atoms. The Kier molecular flexibility index (Phi) is 4.58. The van der Waals surface area contributed by atoms with Gasteiger partial charge in [0.05, 0.1) is 0 Å². The lowest BCUT2D eigenvalue weighted by atomic mass is 10.3. The summed E-state index contributed by atoms with van der Waals surface area (Å²) in [6.07, 6.45) is 4.33. The number of hydrogen-bond acceptors (Lipinski definition) is 3. The Morgan fingerprint density at radius 3 is 1.83 bits per heavy atom. The fraction of sp³-hybridized carbons (Fsp3) is 1.00.